The molecule has 0 saturated carbocycles. The van der Waals surface area contributed by atoms with Gasteiger partial charge in [-0.1, -0.05) is 48.5 Å². The zero-order valence-electron chi connectivity index (χ0n) is 17.8. The summed E-state index contributed by atoms with van der Waals surface area (Å²) in [6.07, 6.45) is -1.55. The van der Waals surface area contributed by atoms with Crippen LogP contribution in [-0.4, -0.2) is 66.4 Å². The Balaban J connectivity index is 1.30. The van der Waals surface area contributed by atoms with Crippen molar-refractivity contribution in [3.8, 4) is 11.1 Å². The molecule has 2 aliphatic rings. The van der Waals surface area contributed by atoms with Gasteiger partial charge in [-0.05, 0) is 29.2 Å². The molecule has 8 heteroatoms. The number of nitrogens with zero attached hydrogens (tertiary/aromatic N) is 1. The van der Waals surface area contributed by atoms with Gasteiger partial charge in [0.2, 0.25) is 5.91 Å². The van der Waals surface area contributed by atoms with Gasteiger partial charge < -0.3 is 24.8 Å². The highest BCUT2D eigenvalue weighted by Gasteiger charge is 2.31. The number of hydrogen-bond acceptors (Lipinski definition) is 5. The molecule has 1 saturated heterocycles. The predicted molar refractivity (Wildman–Crippen MR) is 116 cm³/mol. The van der Waals surface area contributed by atoms with E-state index in [0.717, 1.165) is 22.3 Å². The van der Waals surface area contributed by atoms with Gasteiger partial charge >= 0.3 is 12.1 Å². The van der Waals surface area contributed by atoms with Crippen LogP contribution in [0.4, 0.5) is 4.79 Å². The van der Waals surface area contributed by atoms with Gasteiger partial charge in [-0.25, -0.2) is 9.59 Å². The van der Waals surface area contributed by atoms with Crippen LogP contribution in [0.2, 0.25) is 0 Å². The number of carboxylic acid groups (broad SMARTS) is 1. The van der Waals surface area contributed by atoms with Crippen LogP contribution in [0.5, 0.6) is 0 Å². The van der Waals surface area contributed by atoms with E-state index >= 15 is 0 Å². The third-order valence-electron chi connectivity index (χ3n) is 5.88. The van der Waals surface area contributed by atoms with Crippen molar-refractivity contribution >= 4 is 18.0 Å². The van der Waals surface area contributed by atoms with Gasteiger partial charge in [0.15, 0.2) is 6.10 Å². The zero-order chi connectivity index (χ0) is 22.7. The molecule has 0 aromatic heterocycles. The fourth-order valence-corrected chi connectivity index (χ4v) is 4.31. The van der Waals surface area contributed by atoms with Gasteiger partial charge in [-0.3, -0.25) is 4.79 Å². The average molecular weight is 438 g/mol. The van der Waals surface area contributed by atoms with Crippen LogP contribution in [-0.2, 0) is 19.1 Å². The number of nitrogens with one attached hydrogen (secondary N) is 1. The summed E-state index contributed by atoms with van der Waals surface area (Å²) in [5, 5.41) is 11.8. The summed E-state index contributed by atoms with van der Waals surface area (Å²) < 4.78 is 10.7. The summed E-state index contributed by atoms with van der Waals surface area (Å²) in [5.74, 6) is -1.36. The fraction of sp³-hybridized carbons (Fsp3) is 0.375. The Morgan fingerprint density at radius 2 is 1.75 bits per heavy atom. The fourth-order valence-electron chi connectivity index (χ4n) is 4.31. The lowest BCUT2D eigenvalue weighted by molar-refractivity contribution is -0.159. The maximum atomic E-state index is 12.5. The van der Waals surface area contributed by atoms with E-state index in [-0.39, 0.29) is 38.0 Å². The second-order valence-corrected chi connectivity index (χ2v) is 8.11. The number of amides is 2. The first-order valence-corrected chi connectivity index (χ1v) is 10.7. The van der Waals surface area contributed by atoms with Gasteiger partial charge in [0, 0.05) is 24.9 Å². The Kier molecular flexibility index (Phi) is 6.41. The molecule has 1 unspecified atom stereocenters. The van der Waals surface area contributed by atoms with Crippen LogP contribution in [0.1, 0.15) is 30.4 Å². The Morgan fingerprint density at radius 3 is 2.38 bits per heavy atom. The number of carbonyl (C=O) groups is 3. The summed E-state index contributed by atoms with van der Waals surface area (Å²) in [4.78, 5) is 37.4. The molecule has 2 amide bonds. The van der Waals surface area contributed by atoms with Gasteiger partial charge in [0.1, 0.15) is 6.61 Å². The molecule has 1 fully saturated rings. The number of morpholine rings is 1. The molecule has 2 aromatic carbocycles. The third kappa shape index (κ3) is 4.60. The number of ether oxygens (including phenoxy) is 2. The second kappa shape index (κ2) is 9.40. The number of rotatable bonds is 6. The molecule has 0 bridgehead atoms. The molecule has 0 spiro atoms. The minimum Gasteiger partial charge on any atom is -0.479 e. The SMILES string of the molecule is C[C@H](CC(=O)N1CCOC(C(=O)O)C1)NC(=O)OCC1c2ccccc2-c2ccccc21. The van der Waals surface area contributed by atoms with Crippen molar-refractivity contribution in [3.63, 3.8) is 0 Å². The van der Waals surface area contributed by atoms with Crippen molar-refractivity contribution in [1.29, 1.82) is 0 Å². The molecule has 1 aliphatic carbocycles. The first kappa shape index (κ1) is 21.8. The lowest BCUT2D eigenvalue weighted by Crippen LogP contribution is -2.50. The van der Waals surface area contributed by atoms with Crippen molar-refractivity contribution < 1.29 is 29.0 Å². The molecular formula is C24H26N2O6. The number of hydrogen-bond donors (Lipinski definition) is 2. The first-order chi connectivity index (χ1) is 15.4. The average Bonchev–Trinajstić information content (AvgIpc) is 3.11. The quantitative estimate of drug-likeness (QED) is 0.718. The summed E-state index contributed by atoms with van der Waals surface area (Å²) >= 11 is 0. The van der Waals surface area contributed by atoms with Gasteiger partial charge in [0.05, 0.1) is 13.2 Å². The van der Waals surface area contributed by atoms with Crippen molar-refractivity contribution in [1.82, 2.24) is 10.2 Å². The highest BCUT2D eigenvalue weighted by Crippen LogP contribution is 2.44. The molecule has 2 atom stereocenters. The maximum Gasteiger partial charge on any atom is 0.407 e. The molecule has 4 rings (SSSR count). The zero-order valence-corrected chi connectivity index (χ0v) is 17.8. The summed E-state index contributed by atoms with van der Waals surface area (Å²) in [6.45, 7) is 2.43. The third-order valence-corrected chi connectivity index (χ3v) is 5.88. The number of alkyl carbamates (subject to hydrolysis) is 1. The molecule has 1 heterocycles. The molecule has 2 N–H and O–H groups in total. The summed E-state index contributed by atoms with van der Waals surface area (Å²) in [6, 6.07) is 15.7. The van der Waals surface area contributed by atoms with Crippen LogP contribution >= 0.6 is 0 Å². The standard InChI is InChI=1S/C24H26N2O6/c1-15(12-22(27)26-10-11-31-21(13-26)23(28)29)25-24(30)32-14-20-18-8-4-2-6-16(18)17-7-3-5-9-19(17)20/h2-9,15,20-21H,10-14H2,1H3,(H,25,30)(H,28,29)/t15-,21?/m1/s1. The minimum atomic E-state index is -1.09. The topological polar surface area (TPSA) is 105 Å². The number of benzene rings is 2. The minimum absolute atomic E-state index is 0.00578. The smallest absolute Gasteiger partial charge is 0.407 e. The van der Waals surface area contributed by atoms with Crippen LogP contribution < -0.4 is 5.32 Å². The molecule has 8 nitrogen and oxygen atoms in total. The van der Waals surface area contributed by atoms with Crippen LogP contribution in [0.15, 0.2) is 48.5 Å². The Labute approximate surface area is 186 Å². The lowest BCUT2D eigenvalue weighted by atomic mass is 9.98. The normalized spacial score (nSPS) is 18.4. The Morgan fingerprint density at radius 1 is 1.12 bits per heavy atom. The van der Waals surface area contributed by atoms with Crippen LogP contribution in [0, 0.1) is 0 Å². The van der Waals surface area contributed by atoms with E-state index in [4.69, 9.17) is 14.6 Å². The Hall–Kier alpha value is -3.39. The molecule has 168 valence electrons. The van der Waals surface area contributed by atoms with Gasteiger partial charge in [-0.15, -0.1) is 0 Å². The van der Waals surface area contributed by atoms with E-state index in [2.05, 4.69) is 29.6 Å². The van der Waals surface area contributed by atoms with Crippen LogP contribution in [0.3, 0.4) is 0 Å². The highest BCUT2D eigenvalue weighted by atomic mass is 16.5. The predicted octanol–water partition coefficient (Wildman–Crippen LogP) is 2.62. The molecule has 0 radical (unpaired) electrons. The number of fused-ring (bicyclic) bond motifs is 3. The van der Waals surface area contributed by atoms with Crippen molar-refractivity contribution in [2.45, 2.75) is 31.4 Å². The summed E-state index contributed by atoms with van der Waals surface area (Å²) in [5.41, 5.74) is 4.57. The summed E-state index contributed by atoms with van der Waals surface area (Å²) in [7, 11) is 0. The number of carbonyl (C=O) groups excluding carboxylic acids is 2. The van der Waals surface area contributed by atoms with Gasteiger partial charge in [0.25, 0.3) is 0 Å². The van der Waals surface area contributed by atoms with E-state index in [0.29, 0.717) is 6.54 Å². The van der Waals surface area contributed by atoms with E-state index in [9.17, 15) is 14.4 Å². The van der Waals surface area contributed by atoms with E-state index in [1.807, 2.05) is 24.3 Å². The van der Waals surface area contributed by atoms with E-state index in [1.165, 1.54) is 4.90 Å². The van der Waals surface area contributed by atoms with Crippen molar-refractivity contribution in [2.75, 3.05) is 26.3 Å². The highest BCUT2D eigenvalue weighted by molar-refractivity contribution is 5.80. The van der Waals surface area contributed by atoms with Crippen molar-refractivity contribution in [2.24, 2.45) is 0 Å². The second-order valence-electron chi connectivity index (χ2n) is 8.11. The molecule has 1 aliphatic heterocycles. The van der Waals surface area contributed by atoms with Crippen LogP contribution in [0.25, 0.3) is 11.1 Å². The van der Waals surface area contributed by atoms with Gasteiger partial charge in [-0.2, -0.15) is 0 Å². The van der Waals surface area contributed by atoms with E-state index < -0.39 is 24.2 Å². The van der Waals surface area contributed by atoms with E-state index in [1.54, 1.807) is 6.92 Å². The van der Waals surface area contributed by atoms with Crippen molar-refractivity contribution in [3.05, 3.63) is 59.7 Å². The number of aliphatic carboxylic acids is 1. The first-order valence-electron chi connectivity index (χ1n) is 10.7. The largest absolute Gasteiger partial charge is 0.479 e. The Bertz CT molecular complexity index is 978. The molecular weight excluding hydrogens is 412 g/mol. The molecule has 32 heavy (non-hydrogen) atoms. The number of carboxylic acids is 1. The lowest BCUT2D eigenvalue weighted by Gasteiger charge is -2.31. The molecule has 2 aromatic rings. The monoisotopic (exact) mass is 438 g/mol. The maximum absolute atomic E-state index is 12.5.